The highest BCUT2D eigenvalue weighted by Gasteiger charge is 2.16. The molecule has 0 bridgehead atoms. The molecule has 7 heteroatoms. The van der Waals surface area contributed by atoms with Crippen molar-refractivity contribution < 1.29 is 14.5 Å². The van der Waals surface area contributed by atoms with Crippen molar-refractivity contribution in [3.05, 3.63) is 63.5 Å². The van der Waals surface area contributed by atoms with Gasteiger partial charge in [0.05, 0.1) is 16.9 Å². The Labute approximate surface area is 135 Å². The van der Waals surface area contributed by atoms with Gasteiger partial charge in [-0.2, -0.15) is 0 Å². The molecule has 1 aromatic heterocycles. The molecule has 0 saturated heterocycles. The van der Waals surface area contributed by atoms with Crippen LogP contribution in [0.25, 0.3) is 10.8 Å². The van der Waals surface area contributed by atoms with Gasteiger partial charge in [-0.05, 0) is 18.2 Å². The van der Waals surface area contributed by atoms with Crippen molar-refractivity contribution in [3.8, 4) is 5.75 Å². The van der Waals surface area contributed by atoms with E-state index in [1.165, 1.54) is 12.1 Å². The maximum atomic E-state index is 12.3. The predicted molar refractivity (Wildman–Crippen MR) is 89.4 cm³/mol. The van der Waals surface area contributed by atoms with Crippen LogP contribution in [0.4, 0.5) is 10.7 Å². The van der Waals surface area contributed by atoms with Crippen LogP contribution in [0.5, 0.6) is 5.75 Å². The van der Waals surface area contributed by atoms with E-state index in [-0.39, 0.29) is 15.8 Å². The van der Waals surface area contributed by atoms with Crippen molar-refractivity contribution >= 4 is 38.7 Å². The van der Waals surface area contributed by atoms with Crippen molar-refractivity contribution in [2.45, 2.75) is 0 Å². The number of hydrogen-bond donors (Lipinski definition) is 1. The number of hydrogen-bond acceptors (Lipinski definition) is 5. The average Bonchev–Trinajstić information content (AvgIpc) is 3.05. The predicted octanol–water partition coefficient (Wildman–Crippen LogP) is 4.07. The van der Waals surface area contributed by atoms with Gasteiger partial charge in [0.2, 0.25) is 0 Å². The number of carbonyl (C=O) groups excluding carboxylic acids is 1. The molecule has 0 radical (unpaired) electrons. The number of fused-ring (bicyclic) bond motifs is 1. The number of nitrogens with zero attached hydrogens (tertiary/aromatic N) is 1. The Kier molecular flexibility index (Phi) is 3.94. The van der Waals surface area contributed by atoms with Crippen molar-refractivity contribution in [2.75, 3.05) is 12.4 Å². The molecule has 3 aromatic rings. The lowest BCUT2D eigenvalue weighted by molar-refractivity contribution is -0.380. The number of amides is 1. The van der Waals surface area contributed by atoms with E-state index in [9.17, 15) is 14.9 Å². The minimum Gasteiger partial charge on any atom is -0.496 e. The van der Waals surface area contributed by atoms with Crippen LogP contribution in [0, 0.1) is 10.1 Å². The molecule has 0 unspecified atom stereocenters. The van der Waals surface area contributed by atoms with Gasteiger partial charge in [-0.3, -0.25) is 14.9 Å². The molecule has 0 fully saturated rings. The van der Waals surface area contributed by atoms with E-state index in [1.54, 1.807) is 19.2 Å². The zero-order valence-electron chi connectivity index (χ0n) is 12.1. The van der Waals surface area contributed by atoms with Crippen LogP contribution >= 0.6 is 11.3 Å². The van der Waals surface area contributed by atoms with E-state index >= 15 is 0 Å². The first-order valence-corrected chi connectivity index (χ1v) is 7.53. The first-order valence-electron chi connectivity index (χ1n) is 6.71. The number of benzene rings is 2. The zero-order chi connectivity index (χ0) is 16.4. The topological polar surface area (TPSA) is 81.5 Å². The Morgan fingerprint density at radius 2 is 1.87 bits per heavy atom. The van der Waals surface area contributed by atoms with Crippen LogP contribution in [-0.4, -0.2) is 17.9 Å². The molecule has 1 N–H and O–H groups in total. The minimum absolute atomic E-state index is 0.0604. The molecule has 1 amide bonds. The number of nitrogens with one attached hydrogen (secondary N) is 1. The molecule has 0 saturated carbocycles. The first-order chi connectivity index (χ1) is 11.1. The second-order valence-electron chi connectivity index (χ2n) is 4.71. The number of carbonyl (C=O) groups is 1. The highest BCUT2D eigenvalue weighted by Crippen LogP contribution is 2.32. The van der Waals surface area contributed by atoms with Gasteiger partial charge >= 0.3 is 5.00 Å². The van der Waals surface area contributed by atoms with Crippen LogP contribution < -0.4 is 10.1 Å². The highest BCUT2D eigenvalue weighted by molar-refractivity contribution is 7.17. The minimum atomic E-state index is -0.510. The van der Waals surface area contributed by atoms with Crippen LogP contribution in [0.15, 0.2) is 48.5 Å². The fourth-order valence-corrected chi connectivity index (χ4v) is 3.01. The second kappa shape index (κ2) is 6.05. The van der Waals surface area contributed by atoms with Crippen molar-refractivity contribution in [2.24, 2.45) is 0 Å². The van der Waals surface area contributed by atoms with Crippen molar-refractivity contribution in [1.29, 1.82) is 0 Å². The molecule has 3 rings (SSSR count). The molecule has 0 aliphatic carbocycles. The molecule has 0 atom stereocenters. The van der Waals surface area contributed by atoms with Crippen molar-refractivity contribution in [3.63, 3.8) is 0 Å². The van der Waals surface area contributed by atoms with Gasteiger partial charge in [-0.25, -0.2) is 0 Å². The summed E-state index contributed by atoms with van der Waals surface area (Å²) >= 11 is 0.846. The van der Waals surface area contributed by atoms with Gasteiger partial charge in [0.15, 0.2) is 0 Å². The third-order valence-corrected chi connectivity index (χ3v) is 4.38. The van der Waals surface area contributed by atoms with Crippen LogP contribution in [0.3, 0.4) is 0 Å². The van der Waals surface area contributed by atoms with Gasteiger partial charge in [0, 0.05) is 22.5 Å². The Hall–Kier alpha value is -2.93. The maximum absolute atomic E-state index is 12.3. The summed E-state index contributed by atoms with van der Waals surface area (Å²) in [7, 11) is 1.59. The summed E-state index contributed by atoms with van der Waals surface area (Å²) in [6.07, 6.45) is 0. The summed E-state index contributed by atoms with van der Waals surface area (Å²) in [6, 6.07) is 13.8. The normalized spacial score (nSPS) is 10.5. The molecule has 0 aliphatic heterocycles. The van der Waals surface area contributed by atoms with E-state index in [4.69, 9.17) is 4.74 Å². The van der Waals surface area contributed by atoms with Gasteiger partial charge in [-0.1, -0.05) is 35.6 Å². The zero-order valence-corrected chi connectivity index (χ0v) is 12.9. The lowest BCUT2D eigenvalue weighted by Crippen LogP contribution is -2.10. The number of ether oxygens (including phenoxy) is 1. The second-order valence-corrected chi connectivity index (χ2v) is 5.77. The molecule has 1 heterocycles. The fourth-order valence-electron chi connectivity index (χ4n) is 2.29. The first kappa shape index (κ1) is 15.0. The summed E-state index contributed by atoms with van der Waals surface area (Å²) in [5, 5.41) is 15.2. The lowest BCUT2D eigenvalue weighted by Gasteiger charge is -2.11. The largest absolute Gasteiger partial charge is 0.496 e. The monoisotopic (exact) mass is 328 g/mol. The molecule has 116 valence electrons. The Morgan fingerprint density at radius 1 is 1.13 bits per heavy atom. The third kappa shape index (κ3) is 2.86. The smallest absolute Gasteiger partial charge is 0.324 e. The van der Waals surface area contributed by atoms with Gasteiger partial charge in [0.25, 0.3) is 5.91 Å². The molecule has 0 spiro atoms. The lowest BCUT2D eigenvalue weighted by atomic mass is 10.1. The Morgan fingerprint density at radius 3 is 2.52 bits per heavy atom. The SMILES string of the molecule is COc1ccc(NC(=O)c2ccc([N+](=O)[O-])s2)c2ccccc12. The van der Waals surface area contributed by atoms with E-state index < -0.39 is 4.92 Å². The molecule has 0 aliphatic rings. The average molecular weight is 328 g/mol. The van der Waals surface area contributed by atoms with E-state index in [0.717, 1.165) is 22.1 Å². The number of thiophene rings is 1. The number of methoxy groups -OCH3 is 1. The molecular weight excluding hydrogens is 316 g/mol. The van der Waals surface area contributed by atoms with E-state index in [2.05, 4.69) is 5.32 Å². The Bertz CT molecular complexity index is 904. The quantitative estimate of drug-likeness (QED) is 0.578. The van der Waals surface area contributed by atoms with Gasteiger partial charge in [0.1, 0.15) is 5.75 Å². The molecular formula is C16H12N2O4S. The Balaban J connectivity index is 1.95. The molecule has 2 aromatic carbocycles. The number of nitro groups is 1. The third-order valence-electron chi connectivity index (χ3n) is 3.35. The van der Waals surface area contributed by atoms with Crippen LogP contribution in [0.1, 0.15) is 9.67 Å². The van der Waals surface area contributed by atoms with Crippen molar-refractivity contribution in [1.82, 2.24) is 0 Å². The summed E-state index contributed by atoms with van der Waals surface area (Å²) in [4.78, 5) is 22.8. The van der Waals surface area contributed by atoms with Crippen LogP contribution in [-0.2, 0) is 0 Å². The van der Waals surface area contributed by atoms with Crippen LogP contribution in [0.2, 0.25) is 0 Å². The van der Waals surface area contributed by atoms with E-state index in [0.29, 0.717) is 11.4 Å². The van der Waals surface area contributed by atoms with E-state index in [1.807, 2.05) is 24.3 Å². The standard InChI is InChI=1S/C16H12N2O4S/c1-22-13-7-6-12(10-4-2-3-5-11(10)13)17-16(19)14-8-9-15(23-14)18(20)21/h2-9H,1H3,(H,17,19). The molecule has 23 heavy (non-hydrogen) atoms. The highest BCUT2D eigenvalue weighted by atomic mass is 32.1. The summed E-state index contributed by atoms with van der Waals surface area (Å²) in [5.74, 6) is 0.337. The summed E-state index contributed by atoms with van der Waals surface area (Å²) in [6.45, 7) is 0. The maximum Gasteiger partial charge on any atom is 0.324 e. The summed E-state index contributed by atoms with van der Waals surface area (Å²) < 4.78 is 5.32. The van der Waals surface area contributed by atoms with Gasteiger partial charge < -0.3 is 10.1 Å². The summed E-state index contributed by atoms with van der Waals surface area (Å²) in [5.41, 5.74) is 0.627. The number of rotatable bonds is 4. The fraction of sp³-hybridized carbons (Fsp3) is 0.0625. The molecule has 6 nitrogen and oxygen atoms in total. The number of anilines is 1. The van der Waals surface area contributed by atoms with Gasteiger partial charge in [-0.15, -0.1) is 0 Å².